The summed E-state index contributed by atoms with van der Waals surface area (Å²) in [6.07, 6.45) is 0. The Labute approximate surface area is 108 Å². The molecule has 3 rings (SSSR count). The third-order valence-corrected chi connectivity index (χ3v) is 3.13. The first-order chi connectivity index (χ1) is 8.72. The largest absolute Gasteiger partial charge is 0.618 e. The molecule has 5 heteroatoms. The maximum absolute atomic E-state index is 12.3. The number of methoxy groups -OCH3 is 1. The average molecular weight is 261 g/mol. The molecule has 1 aromatic heterocycles. The molecular weight excluding hydrogens is 252 g/mol. The van der Waals surface area contributed by atoms with Gasteiger partial charge in [-0.1, -0.05) is 23.7 Å². The number of benzene rings is 2. The van der Waals surface area contributed by atoms with Crippen LogP contribution in [-0.4, -0.2) is 12.1 Å². The Bertz CT molecular complexity index is 759. The van der Waals surface area contributed by atoms with Gasteiger partial charge in [-0.3, -0.25) is 0 Å². The molecule has 0 amide bonds. The summed E-state index contributed by atoms with van der Waals surface area (Å²) in [6.45, 7) is 0. The smallest absolute Gasteiger partial charge is 0.246 e. The molecule has 0 unspecified atom stereocenters. The number of hydrogen-bond donors (Lipinski definition) is 0. The minimum atomic E-state index is 0.447. The van der Waals surface area contributed by atoms with Crippen molar-refractivity contribution in [3.05, 3.63) is 46.6 Å². The van der Waals surface area contributed by atoms with Gasteiger partial charge in [0.1, 0.15) is 0 Å². The molecule has 0 spiro atoms. The van der Waals surface area contributed by atoms with Crippen molar-refractivity contribution >= 4 is 33.7 Å². The van der Waals surface area contributed by atoms with Crippen LogP contribution in [-0.2, 0) is 0 Å². The normalized spacial score (nSPS) is 11.0. The van der Waals surface area contributed by atoms with Crippen LogP contribution in [0.5, 0.6) is 5.75 Å². The Morgan fingerprint density at radius 3 is 2.50 bits per heavy atom. The van der Waals surface area contributed by atoms with Crippen LogP contribution in [0, 0.1) is 5.21 Å². The van der Waals surface area contributed by atoms with Gasteiger partial charge in [0, 0.05) is 12.1 Å². The highest BCUT2D eigenvalue weighted by molar-refractivity contribution is 6.34. The van der Waals surface area contributed by atoms with E-state index in [0.29, 0.717) is 32.8 Å². The lowest BCUT2D eigenvalue weighted by Crippen LogP contribution is -2.28. The lowest BCUT2D eigenvalue weighted by molar-refractivity contribution is -0.548. The van der Waals surface area contributed by atoms with Gasteiger partial charge in [-0.05, 0) is 12.1 Å². The quantitative estimate of drug-likeness (QED) is 0.384. The molecular formula is C13H9ClN2O2. The molecule has 1 heterocycles. The van der Waals surface area contributed by atoms with Crippen molar-refractivity contribution < 1.29 is 9.47 Å². The van der Waals surface area contributed by atoms with Crippen LogP contribution in [0.4, 0.5) is 0 Å². The Morgan fingerprint density at radius 2 is 1.78 bits per heavy atom. The van der Waals surface area contributed by atoms with Gasteiger partial charge in [0.15, 0.2) is 16.8 Å². The predicted octanol–water partition coefficient (Wildman–Crippen LogP) is 2.68. The highest BCUT2D eigenvalue weighted by Gasteiger charge is 2.16. The average Bonchev–Trinajstić information content (AvgIpc) is 2.40. The molecule has 3 aromatic rings. The van der Waals surface area contributed by atoms with E-state index in [4.69, 9.17) is 16.3 Å². The van der Waals surface area contributed by atoms with Gasteiger partial charge in [0.05, 0.1) is 12.1 Å². The number of halogens is 1. The number of aromatic nitrogens is 2. The topological polar surface area (TPSA) is 49.1 Å². The van der Waals surface area contributed by atoms with Crippen molar-refractivity contribution in [2.75, 3.05) is 7.11 Å². The predicted molar refractivity (Wildman–Crippen MR) is 69.8 cm³/mol. The molecule has 0 aliphatic heterocycles. The lowest BCUT2D eigenvalue weighted by atomic mass is 10.2. The zero-order chi connectivity index (χ0) is 12.7. The van der Waals surface area contributed by atoms with Crippen LogP contribution in [0.25, 0.3) is 22.1 Å². The van der Waals surface area contributed by atoms with Crippen molar-refractivity contribution in [2.45, 2.75) is 0 Å². The maximum Gasteiger partial charge on any atom is 0.246 e. The first-order valence-electron chi connectivity index (χ1n) is 5.37. The minimum Gasteiger partial charge on any atom is -0.618 e. The van der Waals surface area contributed by atoms with E-state index < -0.39 is 0 Å². The van der Waals surface area contributed by atoms with Crippen LogP contribution in [0.15, 0.2) is 36.4 Å². The summed E-state index contributed by atoms with van der Waals surface area (Å²) in [4.78, 5) is 4.43. The van der Waals surface area contributed by atoms with Gasteiger partial charge in [0.25, 0.3) is 0 Å². The second kappa shape index (κ2) is 3.99. The number of ether oxygens (including phenoxy) is 1. The van der Waals surface area contributed by atoms with Crippen LogP contribution in [0.3, 0.4) is 0 Å². The van der Waals surface area contributed by atoms with Gasteiger partial charge in [-0.15, -0.1) is 0 Å². The summed E-state index contributed by atoms with van der Waals surface area (Å²) in [5.41, 5.74) is 1.90. The van der Waals surface area contributed by atoms with E-state index >= 15 is 0 Å². The molecule has 0 saturated heterocycles. The first-order valence-corrected chi connectivity index (χ1v) is 5.74. The van der Waals surface area contributed by atoms with E-state index in [1.165, 1.54) is 0 Å². The molecule has 0 atom stereocenters. The Hall–Kier alpha value is -2.07. The minimum absolute atomic E-state index is 0.447. The summed E-state index contributed by atoms with van der Waals surface area (Å²) in [5, 5.41) is 12.7. The second-order valence-electron chi connectivity index (χ2n) is 3.84. The van der Waals surface area contributed by atoms with Gasteiger partial charge in [0.2, 0.25) is 11.0 Å². The van der Waals surface area contributed by atoms with Crippen LogP contribution >= 0.6 is 11.6 Å². The van der Waals surface area contributed by atoms with Gasteiger partial charge in [-0.2, -0.15) is 4.73 Å². The fourth-order valence-electron chi connectivity index (χ4n) is 1.97. The third-order valence-electron chi connectivity index (χ3n) is 2.82. The standard InChI is InChI=1S/C13H9ClN2O2/c1-18-11-7-3-6-10-13(11)15-12-8(14)4-2-5-9(12)16(10)17/h2-7H,1H3. The van der Waals surface area contributed by atoms with E-state index in [-0.39, 0.29) is 0 Å². The number of rotatable bonds is 1. The Morgan fingerprint density at radius 1 is 1.11 bits per heavy atom. The van der Waals surface area contributed by atoms with Crippen molar-refractivity contribution in [3.63, 3.8) is 0 Å². The molecule has 0 aliphatic rings. The van der Waals surface area contributed by atoms with Crippen molar-refractivity contribution in [2.24, 2.45) is 0 Å². The Balaban J connectivity index is 2.57. The molecule has 4 nitrogen and oxygen atoms in total. The van der Waals surface area contributed by atoms with Crippen LogP contribution in [0.1, 0.15) is 0 Å². The van der Waals surface area contributed by atoms with Crippen LogP contribution in [0.2, 0.25) is 5.02 Å². The molecule has 0 fully saturated rings. The zero-order valence-corrected chi connectivity index (χ0v) is 10.3. The molecule has 0 aliphatic carbocycles. The van der Waals surface area contributed by atoms with Gasteiger partial charge in [-0.25, -0.2) is 4.98 Å². The number of hydrogen-bond acceptors (Lipinski definition) is 3. The first kappa shape index (κ1) is 11.0. The zero-order valence-electron chi connectivity index (χ0n) is 9.55. The van der Waals surface area contributed by atoms with E-state index in [2.05, 4.69) is 4.98 Å². The monoisotopic (exact) mass is 260 g/mol. The molecule has 18 heavy (non-hydrogen) atoms. The molecule has 0 N–H and O–H groups in total. The van der Waals surface area contributed by atoms with E-state index in [9.17, 15) is 5.21 Å². The summed E-state index contributed by atoms with van der Waals surface area (Å²) in [7, 11) is 1.54. The molecule has 0 saturated carbocycles. The van der Waals surface area contributed by atoms with Crippen molar-refractivity contribution in [1.29, 1.82) is 0 Å². The lowest BCUT2D eigenvalue weighted by Gasteiger charge is -2.08. The summed E-state index contributed by atoms with van der Waals surface area (Å²) in [6, 6.07) is 10.4. The third kappa shape index (κ3) is 1.46. The van der Waals surface area contributed by atoms with Gasteiger partial charge < -0.3 is 9.94 Å². The number of nitrogens with zero attached hydrogens (tertiary/aromatic N) is 2. The summed E-state index contributed by atoms with van der Waals surface area (Å²) < 4.78 is 6.04. The summed E-state index contributed by atoms with van der Waals surface area (Å²) in [5.74, 6) is 0.555. The second-order valence-corrected chi connectivity index (χ2v) is 4.25. The van der Waals surface area contributed by atoms with Crippen molar-refractivity contribution in [1.82, 2.24) is 4.98 Å². The van der Waals surface area contributed by atoms with Gasteiger partial charge >= 0.3 is 0 Å². The number of fused-ring (bicyclic) bond motifs is 2. The molecule has 2 aromatic carbocycles. The Kier molecular flexibility index (Phi) is 2.45. The highest BCUT2D eigenvalue weighted by Crippen LogP contribution is 2.26. The molecule has 0 bridgehead atoms. The van der Waals surface area contributed by atoms with E-state index in [0.717, 1.165) is 4.73 Å². The molecule has 90 valence electrons. The maximum atomic E-state index is 12.3. The van der Waals surface area contributed by atoms with Crippen molar-refractivity contribution in [3.8, 4) is 5.75 Å². The molecule has 0 radical (unpaired) electrons. The summed E-state index contributed by atoms with van der Waals surface area (Å²) >= 11 is 6.07. The fraction of sp³-hybridized carbons (Fsp3) is 0.0769. The number of para-hydroxylation sites is 2. The highest BCUT2D eigenvalue weighted by atomic mass is 35.5. The van der Waals surface area contributed by atoms with E-state index in [1.54, 1.807) is 43.5 Å². The SMILES string of the molecule is COc1cccc2c1nc1c(Cl)cccc1[n+]2[O-]. The van der Waals surface area contributed by atoms with Crippen LogP contribution < -0.4 is 9.47 Å². The van der Waals surface area contributed by atoms with E-state index in [1.807, 2.05) is 0 Å². The fourth-order valence-corrected chi connectivity index (χ4v) is 2.18.